The number of hydrogen-bond acceptors (Lipinski definition) is 6. The molecule has 1 aromatic rings. The molecule has 27 heavy (non-hydrogen) atoms. The topological polar surface area (TPSA) is 84.9 Å². The van der Waals surface area contributed by atoms with Crippen molar-refractivity contribution < 1.29 is 23.9 Å². The lowest BCUT2D eigenvalue weighted by atomic mass is 9.77. The number of hydrogen-bond donors (Lipinski definition) is 1. The van der Waals surface area contributed by atoms with Gasteiger partial charge in [0.25, 0.3) is 0 Å². The first-order chi connectivity index (χ1) is 12.9. The molecular formula is C18H17ClN2O5S. The van der Waals surface area contributed by atoms with Crippen LogP contribution in [0.1, 0.15) is 18.4 Å². The van der Waals surface area contributed by atoms with E-state index in [2.05, 4.69) is 5.32 Å². The molecule has 1 N–H and O–H groups in total. The second kappa shape index (κ2) is 7.66. The van der Waals surface area contributed by atoms with Crippen molar-refractivity contribution in [2.75, 3.05) is 20.3 Å². The van der Waals surface area contributed by atoms with Gasteiger partial charge in [0, 0.05) is 22.2 Å². The summed E-state index contributed by atoms with van der Waals surface area (Å²) in [5, 5.41) is 3.06. The molecule has 2 atom stereocenters. The van der Waals surface area contributed by atoms with Gasteiger partial charge < -0.3 is 14.8 Å². The van der Waals surface area contributed by atoms with E-state index in [1.807, 2.05) is 0 Å². The number of halogens is 1. The van der Waals surface area contributed by atoms with Crippen LogP contribution in [-0.2, 0) is 19.1 Å². The number of carbonyl (C=O) groups is 3. The fraction of sp³-hybridized carbons (Fsp3) is 0.333. The second-order valence-corrected chi connectivity index (χ2v) is 6.77. The molecule has 1 aromatic carbocycles. The Kier molecular flexibility index (Phi) is 5.48. The van der Waals surface area contributed by atoms with Crippen molar-refractivity contribution in [1.29, 1.82) is 0 Å². The Morgan fingerprint density at radius 1 is 1.37 bits per heavy atom. The summed E-state index contributed by atoms with van der Waals surface area (Å²) in [5.74, 6) is -3.17. The Bertz CT molecular complexity index is 869. The van der Waals surface area contributed by atoms with Crippen LogP contribution in [0.4, 0.5) is 4.79 Å². The minimum absolute atomic E-state index is 0.0631. The third-order valence-electron chi connectivity index (χ3n) is 4.50. The van der Waals surface area contributed by atoms with Gasteiger partial charge in [-0.15, -0.1) is 0 Å². The van der Waals surface area contributed by atoms with Crippen molar-refractivity contribution in [1.82, 2.24) is 10.2 Å². The van der Waals surface area contributed by atoms with Crippen molar-refractivity contribution >= 4 is 46.8 Å². The van der Waals surface area contributed by atoms with Crippen LogP contribution in [0.5, 0.6) is 0 Å². The molecule has 0 aliphatic carbocycles. The van der Waals surface area contributed by atoms with Crippen LogP contribution in [0, 0.1) is 5.92 Å². The third kappa shape index (κ3) is 3.30. The van der Waals surface area contributed by atoms with Crippen LogP contribution in [0.15, 0.2) is 35.5 Å². The summed E-state index contributed by atoms with van der Waals surface area (Å²) < 4.78 is 9.87. The van der Waals surface area contributed by atoms with Crippen molar-refractivity contribution in [3.05, 3.63) is 46.1 Å². The number of esters is 1. The molecule has 7 nitrogen and oxygen atoms in total. The number of rotatable bonds is 3. The third-order valence-corrected chi connectivity index (χ3v) is 5.29. The van der Waals surface area contributed by atoms with E-state index in [9.17, 15) is 14.4 Å². The highest BCUT2D eigenvalue weighted by Gasteiger charge is 2.49. The predicted octanol–water partition coefficient (Wildman–Crippen LogP) is 2.40. The summed E-state index contributed by atoms with van der Waals surface area (Å²) in [5.41, 5.74) is 1.52. The fourth-order valence-electron chi connectivity index (χ4n) is 3.34. The zero-order valence-electron chi connectivity index (χ0n) is 14.7. The van der Waals surface area contributed by atoms with Crippen molar-refractivity contribution in [3.8, 4) is 0 Å². The van der Waals surface area contributed by atoms with Crippen LogP contribution in [-0.4, -0.2) is 48.1 Å². The van der Waals surface area contributed by atoms with Crippen LogP contribution >= 0.6 is 23.8 Å². The summed E-state index contributed by atoms with van der Waals surface area (Å²) in [6, 6.07) is 6.89. The number of carbonyl (C=O) groups excluding carboxylic acids is 3. The average molecular weight is 409 g/mol. The van der Waals surface area contributed by atoms with E-state index in [4.69, 9.17) is 33.3 Å². The number of nitrogens with zero attached hydrogens (tertiary/aromatic N) is 1. The van der Waals surface area contributed by atoms with Gasteiger partial charge in [0.1, 0.15) is 10.9 Å². The lowest BCUT2D eigenvalue weighted by Gasteiger charge is -2.31. The van der Waals surface area contributed by atoms with Gasteiger partial charge >= 0.3 is 12.1 Å². The number of methoxy groups -OCH3 is 1. The first-order valence-corrected chi connectivity index (χ1v) is 9.04. The molecule has 2 aliphatic rings. The predicted molar refractivity (Wildman–Crippen MR) is 101 cm³/mol. The summed E-state index contributed by atoms with van der Waals surface area (Å²) in [6.07, 6.45) is -0.612. The molecule has 2 amide bonds. The zero-order chi connectivity index (χ0) is 19.7. The maximum Gasteiger partial charge on any atom is 0.415 e. The lowest BCUT2D eigenvalue weighted by Crippen LogP contribution is -2.44. The van der Waals surface area contributed by atoms with E-state index in [0.717, 1.165) is 0 Å². The molecule has 3 rings (SSSR count). The molecule has 0 saturated heterocycles. The van der Waals surface area contributed by atoms with E-state index in [-0.39, 0.29) is 18.1 Å². The molecule has 142 valence electrons. The van der Waals surface area contributed by atoms with Gasteiger partial charge in [-0.1, -0.05) is 42.0 Å². The first-order valence-electron chi connectivity index (χ1n) is 8.25. The highest BCUT2D eigenvalue weighted by Crippen LogP contribution is 2.44. The molecule has 0 spiro atoms. The van der Waals surface area contributed by atoms with Gasteiger partial charge in [-0.25, -0.2) is 4.79 Å². The molecule has 0 saturated carbocycles. The number of ether oxygens (including phenoxy) is 2. The largest absolute Gasteiger partial charge is 0.468 e. The Labute approximate surface area is 166 Å². The van der Waals surface area contributed by atoms with Crippen molar-refractivity contribution in [3.63, 3.8) is 0 Å². The van der Waals surface area contributed by atoms with Gasteiger partial charge in [0.2, 0.25) is 5.91 Å². The Morgan fingerprint density at radius 3 is 2.70 bits per heavy atom. The Balaban J connectivity index is 2.12. The van der Waals surface area contributed by atoms with Gasteiger partial charge in [-0.3, -0.25) is 14.5 Å². The number of nitrogens with one attached hydrogen (secondary N) is 1. The van der Waals surface area contributed by atoms with E-state index in [0.29, 0.717) is 21.9 Å². The van der Waals surface area contributed by atoms with Crippen LogP contribution < -0.4 is 5.32 Å². The quantitative estimate of drug-likeness (QED) is 0.469. The van der Waals surface area contributed by atoms with Crippen LogP contribution in [0.2, 0.25) is 5.02 Å². The van der Waals surface area contributed by atoms with E-state index < -0.39 is 29.8 Å². The molecule has 0 bridgehead atoms. The highest BCUT2D eigenvalue weighted by atomic mass is 35.5. The smallest absolute Gasteiger partial charge is 0.415 e. The average Bonchev–Trinajstić information content (AvgIpc) is 2.97. The summed E-state index contributed by atoms with van der Waals surface area (Å²) >= 11 is 11.8. The summed E-state index contributed by atoms with van der Waals surface area (Å²) in [7, 11) is 1.21. The Hall–Kier alpha value is -2.45. The molecule has 2 unspecified atom stereocenters. The van der Waals surface area contributed by atoms with E-state index in [1.54, 1.807) is 31.2 Å². The van der Waals surface area contributed by atoms with Crippen molar-refractivity contribution in [2.24, 2.45) is 5.92 Å². The van der Waals surface area contributed by atoms with Gasteiger partial charge in [0.15, 0.2) is 0 Å². The van der Waals surface area contributed by atoms with Gasteiger partial charge in [-0.2, -0.15) is 0 Å². The monoisotopic (exact) mass is 408 g/mol. The molecular weight excluding hydrogens is 392 g/mol. The highest BCUT2D eigenvalue weighted by molar-refractivity contribution is 7.80. The van der Waals surface area contributed by atoms with Crippen molar-refractivity contribution in [2.45, 2.75) is 12.8 Å². The van der Waals surface area contributed by atoms with Gasteiger partial charge in [0.05, 0.1) is 20.3 Å². The van der Waals surface area contributed by atoms with E-state index >= 15 is 0 Å². The molecule has 0 aromatic heterocycles. The van der Waals surface area contributed by atoms with Crippen LogP contribution in [0.3, 0.4) is 0 Å². The van der Waals surface area contributed by atoms with Crippen LogP contribution in [0.25, 0.3) is 0 Å². The first kappa shape index (κ1) is 19.3. The number of thiocarbonyl (C=S) groups is 1. The molecule has 2 aliphatic heterocycles. The fourth-order valence-corrected chi connectivity index (χ4v) is 3.99. The molecule has 0 fully saturated rings. The Morgan fingerprint density at radius 2 is 2.07 bits per heavy atom. The maximum absolute atomic E-state index is 12.7. The number of benzene rings is 1. The normalized spacial score (nSPS) is 21.7. The van der Waals surface area contributed by atoms with Gasteiger partial charge in [-0.05, 0) is 18.6 Å². The molecule has 9 heteroatoms. The minimum atomic E-state index is -1.17. The molecule has 2 heterocycles. The minimum Gasteiger partial charge on any atom is -0.468 e. The SMILES string of the molecule is CCOC(=O)N1CC2=C(C1=S)C(c1ccccc1Cl)C(C(=O)OC)C(=O)N2. The zero-order valence-corrected chi connectivity index (χ0v) is 16.2. The van der Waals surface area contributed by atoms with E-state index in [1.165, 1.54) is 12.0 Å². The maximum atomic E-state index is 12.7. The standard InChI is InChI=1S/C18H17ClN2O5S/c1-3-26-18(24)21-8-11-13(16(21)27)12(9-6-4-5-7-10(9)19)14(15(22)20-11)17(23)25-2/h4-7,12,14H,3,8H2,1-2H3,(H,20,22). The summed E-state index contributed by atoms with van der Waals surface area (Å²) in [4.78, 5) is 38.7. The number of amides is 2. The second-order valence-electron chi connectivity index (χ2n) is 5.97. The molecule has 0 radical (unpaired) electrons. The summed E-state index contributed by atoms with van der Waals surface area (Å²) in [6.45, 7) is 1.94. The lowest BCUT2D eigenvalue weighted by molar-refractivity contribution is -0.150.